The molecule has 18 heavy (non-hydrogen) atoms. The van der Waals surface area contributed by atoms with Crippen molar-refractivity contribution in [2.24, 2.45) is 7.05 Å². The van der Waals surface area contributed by atoms with Gasteiger partial charge in [-0.2, -0.15) is 18.3 Å². The summed E-state index contributed by atoms with van der Waals surface area (Å²) < 4.78 is 38.3. The maximum atomic E-state index is 12.2. The molecule has 1 atom stereocenters. The van der Waals surface area contributed by atoms with E-state index in [1.165, 1.54) is 6.33 Å². The van der Waals surface area contributed by atoms with Crippen molar-refractivity contribution in [3.05, 3.63) is 12.2 Å². The number of nitrogens with one attached hydrogen (secondary N) is 1. The molecule has 1 heterocycles. The third kappa shape index (κ3) is 5.48. The van der Waals surface area contributed by atoms with E-state index >= 15 is 0 Å². The highest BCUT2D eigenvalue weighted by atomic mass is 19.4. The Balaban J connectivity index is 2.52. The van der Waals surface area contributed by atoms with Gasteiger partial charge in [0, 0.05) is 25.9 Å². The molecule has 0 amide bonds. The fourth-order valence-electron chi connectivity index (χ4n) is 1.69. The molecule has 0 aliphatic rings. The van der Waals surface area contributed by atoms with E-state index in [2.05, 4.69) is 15.4 Å². The zero-order valence-electron chi connectivity index (χ0n) is 10.7. The Labute approximate surface area is 105 Å². The number of aromatic nitrogens is 3. The standard InChI is InChI=1S/C11H19F3N4/c1-3-6-15-9(4-5-11(12,13)14)7-10-16-8-17-18(10)2/h8-9,15H,3-7H2,1-2H3. The molecule has 1 rings (SSSR count). The van der Waals surface area contributed by atoms with E-state index in [1.807, 2.05) is 6.92 Å². The number of hydrogen-bond donors (Lipinski definition) is 1. The normalized spacial score (nSPS) is 13.8. The van der Waals surface area contributed by atoms with Crippen LogP contribution in [0.3, 0.4) is 0 Å². The van der Waals surface area contributed by atoms with Crippen LogP contribution in [0.15, 0.2) is 6.33 Å². The maximum Gasteiger partial charge on any atom is 0.389 e. The molecule has 0 aromatic carbocycles. The lowest BCUT2D eigenvalue weighted by Crippen LogP contribution is -2.34. The lowest BCUT2D eigenvalue weighted by atomic mass is 10.1. The second-order valence-electron chi connectivity index (χ2n) is 4.31. The number of hydrogen-bond acceptors (Lipinski definition) is 3. The minimum Gasteiger partial charge on any atom is -0.314 e. The van der Waals surface area contributed by atoms with Crippen LogP contribution in [0.2, 0.25) is 0 Å². The van der Waals surface area contributed by atoms with Crippen LogP contribution in [0.1, 0.15) is 32.0 Å². The zero-order chi connectivity index (χ0) is 13.6. The lowest BCUT2D eigenvalue weighted by Gasteiger charge is -2.18. The van der Waals surface area contributed by atoms with Gasteiger partial charge >= 0.3 is 6.18 Å². The van der Waals surface area contributed by atoms with Crippen molar-refractivity contribution in [1.82, 2.24) is 20.1 Å². The Morgan fingerprint density at radius 1 is 1.44 bits per heavy atom. The van der Waals surface area contributed by atoms with E-state index in [0.717, 1.165) is 6.42 Å². The predicted molar refractivity (Wildman–Crippen MR) is 62.1 cm³/mol. The Kier molecular flexibility index (Phi) is 5.58. The smallest absolute Gasteiger partial charge is 0.314 e. The van der Waals surface area contributed by atoms with Crippen LogP contribution in [0.5, 0.6) is 0 Å². The van der Waals surface area contributed by atoms with E-state index < -0.39 is 12.6 Å². The molecule has 1 N–H and O–H groups in total. The summed E-state index contributed by atoms with van der Waals surface area (Å²) in [6.07, 6.45) is -2.04. The minimum absolute atomic E-state index is 0.0658. The topological polar surface area (TPSA) is 42.7 Å². The molecular formula is C11H19F3N4. The van der Waals surface area contributed by atoms with Crippen molar-refractivity contribution >= 4 is 0 Å². The average molecular weight is 264 g/mol. The molecule has 0 saturated carbocycles. The van der Waals surface area contributed by atoms with E-state index in [0.29, 0.717) is 18.8 Å². The van der Waals surface area contributed by atoms with Crippen LogP contribution in [-0.2, 0) is 13.5 Å². The van der Waals surface area contributed by atoms with Crippen LogP contribution in [0.25, 0.3) is 0 Å². The van der Waals surface area contributed by atoms with Gasteiger partial charge in [-0.3, -0.25) is 4.68 Å². The molecule has 0 radical (unpaired) electrons. The van der Waals surface area contributed by atoms with Gasteiger partial charge < -0.3 is 5.32 Å². The molecule has 1 unspecified atom stereocenters. The van der Waals surface area contributed by atoms with Gasteiger partial charge in [0.1, 0.15) is 12.2 Å². The van der Waals surface area contributed by atoms with E-state index in [1.54, 1.807) is 11.7 Å². The van der Waals surface area contributed by atoms with Crippen molar-refractivity contribution in [2.45, 2.75) is 44.8 Å². The maximum absolute atomic E-state index is 12.2. The highest BCUT2D eigenvalue weighted by molar-refractivity contribution is 4.89. The first kappa shape index (κ1) is 14.9. The summed E-state index contributed by atoms with van der Waals surface area (Å²) in [5, 5.41) is 7.04. The van der Waals surface area contributed by atoms with Gasteiger partial charge in [-0.1, -0.05) is 6.92 Å². The largest absolute Gasteiger partial charge is 0.389 e. The van der Waals surface area contributed by atoms with E-state index in [9.17, 15) is 13.2 Å². The summed E-state index contributed by atoms with van der Waals surface area (Å²) in [7, 11) is 1.74. The Morgan fingerprint density at radius 2 is 2.17 bits per heavy atom. The summed E-state index contributed by atoms with van der Waals surface area (Å²) in [6, 6.07) is -0.213. The van der Waals surface area contributed by atoms with E-state index in [-0.39, 0.29) is 12.5 Å². The molecule has 104 valence electrons. The second kappa shape index (κ2) is 6.72. The number of nitrogens with zero attached hydrogens (tertiary/aromatic N) is 3. The van der Waals surface area contributed by atoms with Crippen LogP contribution in [0.4, 0.5) is 13.2 Å². The summed E-state index contributed by atoms with van der Waals surface area (Å²) in [5.41, 5.74) is 0. The highest BCUT2D eigenvalue weighted by Gasteiger charge is 2.28. The fraction of sp³-hybridized carbons (Fsp3) is 0.818. The molecule has 7 heteroatoms. The van der Waals surface area contributed by atoms with Crippen molar-refractivity contribution in [3.63, 3.8) is 0 Å². The van der Waals surface area contributed by atoms with E-state index in [4.69, 9.17) is 0 Å². The molecule has 0 aliphatic heterocycles. The van der Waals surface area contributed by atoms with Gasteiger partial charge in [0.05, 0.1) is 0 Å². The van der Waals surface area contributed by atoms with Crippen molar-refractivity contribution in [2.75, 3.05) is 6.54 Å². The zero-order valence-corrected chi connectivity index (χ0v) is 10.7. The molecule has 1 aromatic heterocycles. The average Bonchev–Trinajstić information content (AvgIpc) is 2.67. The number of halogens is 3. The Hall–Kier alpha value is -1.11. The highest BCUT2D eigenvalue weighted by Crippen LogP contribution is 2.23. The van der Waals surface area contributed by atoms with Gasteiger partial charge in [0.2, 0.25) is 0 Å². The number of aryl methyl sites for hydroxylation is 1. The van der Waals surface area contributed by atoms with Gasteiger partial charge in [-0.05, 0) is 19.4 Å². The first-order chi connectivity index (χ1) is 8.42. The molecule has 0 saturated heterocycles. The van der Waals surface area contributed by atoms with Crippen molar-refractivity contribution in [3.8, 4) is 0 Å². The number of alkyl halides is 3. The van der Waals surface area contributed by atoms with Crippen LogP contribution < -0.4 is 5.32 Å². The predicted octanol–water partition coefficient (Wildman–Crippen LogP) is 2.07. The molecular weight excluding hydrogens is 245 g/mol. The molecule has 0 bridgehead atoms. The van der Waals surface area contributed by atoms with Gasteiger partial charge in [0.15, 0.2) is 0 Å². The number of rotatable bonds is 7. The quantitative estimate of drug-likeness (QED) is 0.819. The minimum atomic E-state index is -4.11. The van der Waals surface area contributed by atoms with Crippen LogP contribution >= 0.6 is 0 Å². The summed E-state index contributed by atoms with van der Waals surface area (Å²) in [6.45, 7) is 2.69. The lowest BCUT2D eigenvalue weighted by molar-refractivity contribution is -0.136. The Bertz CT molecular complexity index is 348. The van der Waals surface area contributed by atoms with Gasteiger partial charge in [-0.25, -0.2) is 4.98 Å². The summed E-state index contributed by atoms with van der Waals surface area (Å²) in [5.74, 6) is 0.700. The molecule has 4 nitrogen and oxygen atoms in total. The summed E-state index contributed by atoms with van der Waals surface area (Å²) in [4.78, 5) is 4.04. The molecule has 0 fully saturated rings. The van der Waals surface area contributed by atoms with Crippen molar-refractivity contribution in [1.29, 1.82) is 0 Å². The fourth-order valence-corrected chi connectivity index (χ4v) is 1.69. The molecule has 1 aromatic rings. The van der Waals surface area contributed by atoms with Crippen LogP contribution in [-0.4, -0.2) is 33.5 Å². The van der Waals surface area contributed by atoms with Crippen LogP contribution in [0, 0.1) is 0 Å². The first-order valence-corrected chi connectivity index (χ1v) is 6.05. The monoisotopic (exact) mass is 264 g/mol. The third-order valence-corrected chi connectivity index (χ3v) is 2.69. The SMILES string of the molecule is CCCNC(CCC(F)(F)F)Cc1ncnn1C. The van der Waals surface area contributed by atoms with Crippen molar-refractivity contribution < 1.29 is 13.2 Å². The first-order valence-electron chi connectivity index (χ1n) is 6.05. The van der Waals surface area contributed by atoms with Gasteiger partial charge in [-0.15, -0.1) is 0 Å². The Morgan fingerprint density at radius 3 is 2.67 bits per heavy atom. The van der Waals surface area contributed by atoms with Gasteiger partial charge in [0.25, 0.3) is 0 Å². The third-order valence-electron chi connectivity index (χ3n) is 2.69. The molecule has 0 spiro atoms. The molecule has 0 aliphatic carbocycles. The second-order valence-corrected chi connectivity index (χ2v) is 4.31. The summed E-state index contributed by atoms with van der Waals surface area (Å²) >= 11 is 0.